The molecule has 124 valence electrons. The lowest BCUT2D eigenvalue weighted by Crippen LogP contribution is -2.29. The molecule has 1 aromatic heterocycles. The number of aromatic nitrogens is 2. The number of primary amides is 1. The Morgan fingerprint density at radius 2 is 2.29 bits per heavy atom. The number of hydrogen-bond acceptors (Lipinski definition) is 4. The number of rotatable bonds is 4. The van der Waals surface area contributed by atoms with Crippen molar-refractivity contribution in [1.82, 2.24) is 14.7 Å². The summed E-state index contributed by atoms with van der Waals surface area (Å²) in [6.45, 7) is 1.74. The van der Waals surface area contributed by atoms with Crippen LogP contribution in [0.1, 0.15) is 22.6 Å². The molecule has 2 atom stereocenters. The number of carbonyl (C=O) groups is 1. The first kappa shape index (κ1) is 16.1. The van der Waals surface area contributed by atoms with E-state index in [4.69, 9.17) is 11.0 Å². The molecule has 1 aliphatic rings. The molecule has 0 bridgehead atoms. The second-order valence-corrected chi connectivity index (χ2v) is 6.18. The van der Waals surface area contributed by atoms with Crippen LogP contribution in [-0.2, 0) is 18.4 Å². The summed E-state index contributed by atoms with van der Waals surface area (Å²) in [4.78, 5) is 13.9. The maximum atomic E-state index is 13.4. The summed E-state index contributed by atoms with van der Waals surface area (Å²) in [5.41, 5.74) is 7.42. The number of benzene rings is 1. The first-order valence-corrected chi connectivity index (χ1v) is 7.66. The van der Waals surface area contributed by atoms with Gasteiger partial charge in [-0.15, -0.1) is 0 Å². The molecule has 24 heavy (non-hydrogen) atoms. The molecule has 0 unspecified atom stereocenters. The normalized spacial score (nSPS) is 20.9. The Kier molecular flexibility index (Phi) is 4.32. The summed E-state index contributed by atoms with van der Waals surface area (Å²) >= 11 is 0. The highest BCUT2D eigenvalue weighted by atomic mass is 19.1. The van der Waals surface area contributed by atoms with Gasteiger partial charge < -0.3 is 5.73 Å². The first-order chi connectivity index (χ1) is 11.5. The van der Waals surface area contributed by atoms with Gasteiger partial charge in [0.25, 0.3) is 0 Å². The molecule has 7 heteroatoms. The van der Waals surface area contributed by atoms with Crippen LogP contribution in [0, 0.1) is 23.1 Å². The quantitative estimate of drug-likeness (QED) is 0.912. The zero-order valence-electron chi connectivity index (χ0n) is 13.3. The molecule has 3 rings (SSSR count). The van der Waals surface area contributed by atoms with Gasteiger partial charge in [0, 0.05) is 38.8 Å². The van der Waals surface area contributed by atoms with Crippen LogP contribution >= 0.6 is 0 Å². The van der Waals surface area contributed by atoms with Crippen molar-refractivity contribution in [2.45, 2.75) is 12.5 Å². The number of carbonyl (C=O) groups excluding carboxylic acids is 1. The number of halogens is 1. The molecule has 1 amide bonds. The first-order valence-electron chi connectivity index (χ1n) is 7.66. The summed E-state index contributed by atoms with van der Waals surface area (Å²) < 4.78 is 15.1. The minimum atomic E-state index is -0.522. The number of hydrogen-bond donors (Lipinski definition) is 1. The van der Waals surface area contributed by atoms with E-state index >= 15 is 0 Å². The molecule has 2 heterocycles. The number of nitrogens with zero attached hydrogens (tertiary/aromatic N) is 4. The van der Waals surface area contributed by atoms with Crippen molar-refractivity contribution in [2.75, 3.05) is 13.1 Å². The lowest BCUT2D eigenvalue weighted by Gasteiger charge is -2.15. The van der Waals surface area contributed by atoms with E-state index in [9.17, 15) is 9.18 Å². The SMILES string of the molecule is Cn1cc([C@H]2CN(Cc3ccc(F)c(C#N)c3)C[C@@H]2C(N)=O)cn1. The number of nitrogens with two attached hydrogens (primary N) is 1. The summed E-state index contributed by atoms with van der Waals surface area (Å²) in [6, 6.07) is 6.35. The molecule has 6 nitrogen and oxygen atoms in total. The van der Waals surface area contributed by atoms with E-state index in [1.54, 1.807) is 23.0 Å². The molecule has 0 spiro atoms. The predicted octanol–water partition coefficient (Wildman–Crippen LogP) is 1.13. The van der Waals surface area contributed by atoms with Crippen LogP contribution in [0.15, 0.2) is 30.6 Å². The maximum absolute atomic E-state index is 13.4. The highest BCUT2D eigenvalue weighted by Crippen LogP contribution is 2.33. The highest BCUT2D eigenvalue weighted by molar-refractivity contribution is 5.78. The summed E-state index contributed by atoms with van der Waals surface area (Å²) in [5.74, 6) is -1.15. The fraction of sp³-hybridized carbons (Fsp3) is 0.353. The third-order valence-electron chi connectivity index (χ3n) is 4.47. The van der Waals surface area contributed by atoms with Gasteiger partial charge in [0.05, 0.1) is 17.7 Å². The van der Waals surface area contributed by atoms with Crippen molar-refractivity contribution in [2.24, 2.45) is 18.7 Å². The summed E-state index contributed by atoms with van der Waals surface area (Å²) in [5, 5.41) is 13.1. The predicted molar refractivity (Wildman–Crippen MR) is 85.0 cm³/mol. The van der Waals surface area contributed by atoms with Gasteiger partial charge >= 0.3 is 0 Å². The van der Waals surface area contributed by atoms with Gasteiger partial charge in [-0.1, -0.05) is 6.07 Å². The Labute approximate surface area is 139 Å². The maximum Gasteiger partial charge on any atom is 0.222 e. The average molecular weight is 327 g/mol. The van der Waals surface area contributed by atoms with Gasteiger partial charge in [-0.3, -0.25) is 14.4 Å². The second kappa shape index (κ2) is 6.42. The third kappa shape index (κ3) is 3.14. The van der Waals surface area contributed by atoms with Gasteiger partial charge in [-0.05, 0) is 23.3 Å². The summed E-state index contributed by atoms with van der Waals surface area (Å²) in [7, 11) is 1.83. The van der Waals surface area contributed by atoms with Gasteiger partial charge in [-0.2, -0.15) is 10.4 Å². The van der Waals surface area contributed by atoms with Crippen molar-refractivity contribution < 1.29 is 9.18 Å². The number of amides is 1. The molecule has 2 N–H and O–H groups in total. The number of aryl methyl sites for hydroxylation is 1. The molecule has 0 saturated carbocycles. The van der Waals surface area contributed by atoms with Gasteiger partial charge in [0.15, 0.2) is 0 Å². The standard InChI is InChI=1S/C17H18FN5O/c1-22-8-13(6-21-22)14-9-23(10-15(14)17(20)24)7-11-2-3-16(18)12(4-11)5-19/h2-4,6,8,14-15H,7,9-10H2,1H3,(H2,20,24)/t14-,15+/m1/s1. The van der Waals surface area contributed by atoms with E-state index in [1.807, 2.05) is 19.3 Å². The molecule has 1 aromatic carbocycles. The topological polar surface area (TPSA) is 87.9 Å². The van der Waals surface area contributed by atoms with E-state index in [-0.39, 0.29) is 23.3 Å². The number of likely N-dealkylation sites (tertiary alicyclic amines) is 1. The Morgan fingerprint density at radius 3 is 2.92 bits per heavy atom. The average Bonchev–Trinajstić information content (AvgIpc) is 3.15. The smallest absolute Gasteiger partial charge is 0.222 e. The molecule has 2 aromatic rings. The Bertz CT molecular complexity index is 810. The molecule has 1 saturated heterocycles. The minimum absolute atomic E-state index is 0.00733. The largest absolute Gasteiger partial charge is 0.369 e. The second-order valence-electron chi connectivity index (χ2n) is 6.18. The monoisotopic (exact) mass is 327 g/mol. The van der Waals surface area contributed by atoms with Crippen molar-refractivity contribution in [3.05, 3.63) is 53.1 Å². The zero-order chi connectivity index (χ0) is 17.3. The molecule has 0 aliphatic carbocycles. The number of nitriles is 1. The van der Waals surface area contributed by atoms with E-state index in [1.165, 1.54) is 6.07 Å². The van der Waals surface area contributed by atoms with Crippen LogP contribution in [0.25, 0.3) is 0 Å². The van der Waals surface area contributed by atoms with E-state index < -0.39 is 5.82 Å². The van der Waals surface area contributed by atoms with Gasteiger partial charge in [0.1, 0.15) is 11.9 Å². The minimum Gasteiger partial charge on any atom is -0.369 e. The van der Waals surface area contributed by atoms with Crippen molar-refractivity contribution in [1.29, 1.82) is 5.26 Å². The zero-order valence-corrected chi connectivity index (χ0v) is 13.3. The highest BCUT2D eigenvalue weighted by Gasteiger charge is 2.37. The molecule has 1 aliphatic heterocycles. The van der Waals surface area contributed by atoms with Crippen molar-refractivity contribution >= 4 is 5.91 Å². The molecular formula is C17H18FN5O. The van der Waals surface area contributed by atoms with Crippen molar-refractivity contribution in [3.63, 3.8) is 0 Å². The van der Waals surface area contributed by atoms with Crippen LogP contribution < -0.4 is 5.73 Å². The van der Waals surface area contributed by atoms with E-state index in [0.717, 1.165) is 11.1 Å². The van der Waals surface area contributed by atoms with E-state index in [0.29, 0.717) is 19.6 Å². The molecule has 1 fully saturated rings. The fourth-order valence-corrected chi connectivity index (χ4v) is 3.29. The lowest BCUT2D eigenvalue weighted by molar-refractivity contribution is -0.121. The fourth-order valence-electron chi connectivity index (χ4n) is 3.29. The lowest BCUT2D eigenvalue weighted by atomic mass is 9.90. The molecular weight excluding hydrogens is 309 g/mol. The summed E-state index contributed by atoms with van der Waals surface area (Å²) in [6.07, 6.45) is 3.66. The van der Waals surface area contributed by atoms with Crippen LogP contribution in [0.4, 0.5) is 4.39 Å². The Hall–Kier alpha value is -2.72. The van der Waals surface area contributed by atoms with Gasteiger partial charge in [0.2, 0.25) is 5.91 Å². The Morgan fingerprint density at radius 1 is 1.50 bits per heavy atom. The van der Waals surface area contributed by atoms with Crippen LogP contribution in [-0.4, -0.2) is 33.7 Å². The Balaban J connectivity index is 1.78. The van der Waals surface area contributed by atoms with Crippen LogP contribution in [0.5, 0.6) is 0 Å². The molecule has 0 radical (unpaired) electrons. The van der Waals surface area contributed by atoms with Gasteiger partial charge in [-0.25, -0.2) is 4.39 Å². The van der Waals surface area contributed by atoms with Crippen LogP contribution in [0.2, 0.25) is 0 Å². The van der Waals surface area contributed by atoms with Crippen LogP contribution in [0.3, 0.4) is 0 Å². The third-order valence-corrected chi connectivity index (χ3v) is 4.47. The van der Waals surface area contributed by atoms with E-state index in [2.05, 4.69) is 10.00 Å². The van der Waals surface area contributed by atoms with Crippen molar-refractivity contribution in [3.8, 4) is 6.07 Å².